The van der Waals surface area contributed by atoms with Crippen LogP contribution >= 0.6 is 11.3 Å². The summed E-state index contributed by atoms with van der Waals surface area (Å²) in [5.41, 5.74) is 3.76. The Bertz CT molecular complexity index is 1760. The Balaban J connectivity index is 1.45. The SMILES string of the molecule is COC(=O)c1sc(NC(=O)Cn2c3c(c4ccccc42)CCn2c-3nc3ccccc3c2=O)nc1C. The Morgan fingerprint density at radius 3 is 2.64 bits per heavy atom. The second-order valence-electron chi connectivity index (χ2n) is 8.56. The largest absolute Gasteiger partial charge is 0.465 e. The third-order valence-corrected chi connectivity index (χ3v) is 7.50. The number of para-hydroxylation sites is 2. The molecular weight excluding hydrogens is 478 g/mol. The molecule has 1 aliphatic rings. The smallest absolute Gasteiger partial charge is 0.350 e. The number of carbonyl (C=O) groups is 2. The molecule has 36 heavy (non-hydrogen) atoms. The van der Waals surface area contributed by atoms with Gasteiger partial charge in [-0.1, -0.05) is 41.7 Å². The zero-order valence-corrected chi connectivity index (χ0v) is 20.4. The van der Waals surface area contributed by atoms with Gasteiger partial charge in [0.05, 0.1) is 29.4 Å². The predicted octanol–water partition coefficient (Wildman–Crippen LogP) is 3.76. The average Bonchev–Trinajstić information content (AvgIpc) is 3.41. The number of benzene rings is 2. The molecule has 2 aromatic carbocycles. The van der Waals surface area contributed by atoms with Crippen LogP contribution in [0.1, 0.15) is 20.9 Å². The third kappa shape index (κ3) is 3.41. The van der Waals surface area contributed by atoms with Gasteiger partial charge in [-0.25, -0.2) is 14.8 Å². The molecule has 0 radical (unpaired) electrons. The van der Waals surface area contributed by atoms with E-state index >= 15 is 0 Å². The van der Waals surface area contributed by atoms with Gasteiger partial charge in [0, 0.05) is 17.4 Å². The maximum absolute atomic E-state index is 13.3. The van der Waals surface area contributed by atoms with Gasteiger partial charge in [-0.3, -0.25) is 14.2 Å². The van der Waals surface area contributed by atoms with Crippen molar-refractivity contribution in [3.05, 3.63) is 75.0 Å². The molecule has 0 spiro atoms. The highest BCUT2D eigenvalue weighted by molar-refractivity contribution is 7.17. The van der Waals surface area contributed by atoms with Gasteiger partial charge in [0.15, 0.2) is 11.0 Å². The van der Waals surface area contributed by atoms with Gasteiger partial charge >= 0.3 is 5.97 Å². The summed E-state index contributed by atoms with van der Waals surface area (Å²) in [6.07, 6.45) is 0.658. The molecule has 3 aromatic heterocycles. The standard InChI is InChI=1S/C26H21N5O4S/c1-14-22(25(34)35-2)36-26(27-14)29-20(32)13-31-19-10-6-4-7-15(19)16-11-12-30-23(21(16)31)28-18-9-5-3-8-17(18)24(30)33/h3-10H,11-13H2,1-2H3,(H,27,29,32). The Morgan fingerprint density at radius 1 is 1.08 bits per heavy atom. The maximum Gasteiger partial charge on any atom is 0.350 e. The lowest BCUT2D eigenvalue weighted by molar-refractivity contribution is -0.116. The zero-order chi connectivity index (χ0) is 25.0. The van der Waals surface area contributed by atoms with E-state index in [0.717, 1.165) is 33.5 Å². The Kier molecular flexibility index (Phi) is 5.18. The number of nitrogens with one attached hydrogen (secondary N) is 1. The van der Waals surface area contributed by atoms with Gasteiger partial charge in [0.25, 0.3) is 5.56 Å². The summed E-state index contributed by atoms with van der Waals surface area (Å²) in [4.78, 5) is 47.9. The number of ether oxygens (including phenoxy) is 1. The van der Waals surface area contributed by atoms with Crippen molar-refractivity contribution < 1.29 is 14.3 Å². The van der Waals surface area contributed by atoms with Gasteiger partial charge in [-0.05, 0) is 37.1 Å². The lowest BCUT2D eigenvalue weighted by Crippen LogP contribution is -2.29. The van der Waals surface area contributed by atoms with Crippen molar-refractivity contribution in [3.8, 4) is 11.5 Å². The van der Waals surface area contributed by atoms with E-state index in [2.05, 4.69) is 10.3 Å². The quantitative estimate of drug-likeness (QED) is 0.377. The number of anilines is 1. The van der Waals surface area contributed by atoms with Crippen LogP contribution in [0, 0.1) is 6.92 Å². The normalized spacial score (nSPS) is 12.4. The molecule has 0 saturated heterocycles. The molecule has 6 rings (SSSR count). The van der Waals surface area contributed by atoms with Crippen LogP contribution in [0.3, 0.4) is 0 Å². The van der Waals surface area contributed by atoms with Crippen LogP contribution in [0.15, 0.2) is 53.3 Å². The molecule has 1 aliphatic heterocycles. The number of carbonyl (C=O) groups excluding carboxylic acids is 2. The fourth-order valence-corrected chi connectivity index (χ4v) is 5.76. The highest BCUT2D eigenvalue weighted by Crippen LogP contribution is 2.36. The van der Waals surface area contributed by atoms with Gasteiger partial charge in [-0.2, -0.15) is 0 Å². The Labute approximate surface area is 209 Å². The number of aryl methyl sites for hydroxylation is 2. The minimum absolute atomic E-state index is 0.00920. The highest BCUT2D eigenvalue weighted by Gasteiger charge is 2.28. The topological polar surface area (TPSA) is 108 Å². The summed E-state index contributed by atoms with van der Waals surface area (Å²) in [6.45, 7) is 2.21. The van der Waals surface area contributed by atoms with Crippen molar-refractivity contribution in [1.29, 1.82) is 0 Å². The number of nitrogens with zero attached hydrogens (tertiary/aromatic N) is 4. The average molecular weight is 500 g/mol. The number of esters is 1. The fraction of sp³-hybridized carbons (Fsp3) is 0.192. The summed E-state index contributed by atoms with van der Waals surface area (Å²) in [6, 6.07) is 15.2. The maximum atomic E-state index is 13.3. The molecule has 0 fully saturated rings. The van der Waals surface area contributed by atoms with E-state index in [1.165, 1.54) is 7.11 Å². The molecule has 1 amide bonds. The number of hydrogen-bond donors (Lipinski definition) is 1. The summed E-state index contributed by atoms with van der Waals surface area (Å²) in [5.74, 6) is -0.234. The Hall–Kier alpha value is -4.31. The molecule has 5 aromatic rings. The zero-order valence-electron chi connectivity index (χ0n) is 19.6. The number of amides is 1. The van der Waals surface area contributed by atoms with Crippen molar-refractivity contribution in [1.82, 2.24) is 19.1 Å². The van der Waals surface area contributed by atoms with Gasteiger partial charge in [-0.15, -0.1) is 0 Å². The van der Waals surface area contributed by atoms with Crippen molar-refractivity contribution in [2.45, 2.75) is 26.4 Å². The molecule has 10 heteroatoms. The summed E-state index contributed by atoms with van der Waals surface area (Å²) in [7, 11) is 1.31. The molecule has 0 saturated carbocycles. The number of hydrogen-bond acceptors (Lipinski definition) is 7. The second kappa shape index (κ2) is 8.42. The number of aromatic nitrogens is 4. The van der Waals surface area contributed by atoms with Crippen molar-refractivity contribution >= 4 is 50.2 Å². The molecule has 9 nitrogen and oxygen atoms in total. The highest BCUT2D eigenvalue weighted by atomic mass is 32.1. The Morgan fingerprint density at radius 2 is 1.83 bits per heavy atom. The van der Waals surface area contributed by atoms with Crippen molar-refractivity contribution in [3.63, 3.8) is 0 Å². The van der Waals surface area contributed by atoms with Crippen LogP contribution in [-0.4, -0.2) is 38.1 Å². The summed E-state index contributed by atoms with van der Waals surface area (Å²) in [5, 5.41) is 4.74. The number of rotatable bonds is 4. The van der Waals surface area contributed by atoms with E-state index in [4.69, 9.17) is 9.72 Å². The first-order chi connectivity index (χ1) is 17.5. The van der Waals surface area contributed by atoms with Crippen LogP contribution in [0.4, 0.5) is 5.13 Å². The van der Waals surface area contributed by atoms with E-state index < -0.39 is 5.97 Å². The van der Waals surface area contributed by atoms with E-state index in [1.54, 1.807) is 17.6 Å². The van der Waals surface area contributed by atoms with E-state index in [9.17, 15) is 14.4 Å². The molecule has 0 unspecified atom stereocenters. The van der Waals surface area contributed by atoms with Crippen molar-refractivity contribution in [2.75, 3.05) is 12.4 Å². The van der Waals surface area contributed by atoms with Gasteiger partial charge in [0.2, 0.25) is 5.91 Å². The molecular formula is C26H21N5O4S. The fourth-order valence-electron chi connectivity index (χ4n) is 4.86. The molecule has 0 aliphatic carbocycles. The first-order valence-corrected chi connectivity index (χ1v) is 12.2. The lowest BCUT2D eigenvalue weighted by Gasteiger charge is -2.21. The summed E-state index contributed by atoms with van der Waals surface area (Å²) < 4.78 is 8.39. The predicted molar refractivity (Wildman–Crippen MR) is 137 cm³/mol. The first-order valence-electron chi connectivity index (χ1n) is 11.4. The molecule has 180 valence electrons. The molecule has 1 N–H and O–H groups in total. The first kappa shape index (κ1) is 22.2. The number of methoxy groups -OCH3 is 1. The van der Waals surface area contributed by atoms with Crippen LogP contribution < -0.4 is 10.9 Å². The van der Waals surface area contributed by atoms with Crippen LogP contribution in [-0.2, 0) is 29.0 Å². The van der Waals surface area contributed by atoms with E-state index in [1.807, 2.05) is 47.0 Å². The molecule has 0 atom stereocenters. The third-order valence-electron chi connectivity index (χ3n) is 6.45. The minimum atomic E-state index is -0.490. The monoisotopic (exact) mass is 499 g/mol. The minimum Gasteiger partial charge on any atom is -0.465 e. The van der Waals surface area contributed by atoms with E-state index in [-0.39, 0.29) is 18.0 Å². The molecule has 4 heterocycles. The van der Waals surface area contributed by atoms with Crippen LogP contribution in [0.5, 0.6) is 0 Å². The number of thiazole rings is 1. The summed E-state index contributed by atoms with van der Waals surface area (Å²) >= 11 is 1.07. The van der Waals surface area contributed by atoms with E-state index in [0.29, 0.717) is 45.4 Å². The van der Waals surface area contributed by atoms with Crippen molar-refractivity contribution in [2.24, 2.45) is 0 Å². The van der Waals surface area contributed by atoms with Crippen LogP contribution in [0.25, 0.3) is 33.3 Å². The second-order valence-corrected chi connectivity index (χ2v) is 9.56. The van der Waals surface area contributed by atoms with Gasteiger partial charge < -0.3 is 14.6 Å². The van der Waals surface area contributed by atoms with Gasteiger partial charge in [0.1, 0.15) is 11.4 Å². The number of fused-ring (bicyclic) bond motifs is 6. The van der Waals surface area contributed by atoms with Crippen LogP contribution in [0.2, 0.25) is 0 Å². The molecule has 0 bridgehead atoms. The lowest BCUT2D eigenvalue weighted by atomic mass is 10.0.